The number of nitrogens with zero attached hydrogens (tertiary/aromatic N) is 1. The SMILES string of the molecule is O=S(=O)(c1ccccc1)N(Cc1ccc(Cl)cc1)c1cccc(F)c1. The Morgan fingerprint density at radius 1 is 0.880 bits per heavy atom. The Balaban J connectivity index is 2.07. The fourth-order valence-electron chi connectivity index (χ4n) is 2.42. The third kappa shape index (κ3) is 4.00. The van der Waals surface area contributed by atoms with Gasteiger partial charge in [-0.1, -0.05) is 48.0 Å². The molecule has 0 saturated carbocycles. The number of benzene rings is 3. The lowest BCUT2D eigenvalue weighted by Crippen LogP contribution is -2.30. The van der Waals surface area contributed by atoms with E-state index in [1.54, 1.807) is 48.5 Å². The van der Waals surface area contributed by atoms with Gasteiger partial charge in [0.05, 0.1) is 17.1 Å². The van der Waals surface area contributed by atoms with Crippen LogP contribution in [0.3, 0.4) is 0 Å². The molecule has 0 radical (unpaired) electrons. The molecule has 0 atom stereocenters. The Labute approximate surface area is 151 Å². The van der Waals surface area contributed by atoms with Crippen LogP contribution in [0.25, 0.3) is 0 Å². The molecule has 0 unspecified atom stereocenters. The third-order valence-corrected chi connectivity index (χ3v) is 5.71. The maximum atomic E-state index is 13.7. The van der Waals surface area contributed by atoms with Gasteiger partial charge < -0.3 is 0 Å². The van der Waals surface area contributed by atoms with Crippen molar-refractivity contribution < 1.29 is 12.8 Å². The van der Waals surface area contributed by atoms with Crippen molar-refractivity contribution >= 4 is 27.3 Å². The van der Waals surface area contributed by atoms with Gasteiger partial charge in [0.15, 0.2) is 0 Å². The molecule has 25 heavy (non-hydrogen) atoms. The molecule has 0 aliphatic carbocycles. The van der Waals surface area contributed by atoms with E-state index in [2.05, 4.69) is 0 Å². The maximum Gasteiger partial charge on any atom is 0.264 e. The molecule has 3 aromatic rings. The molecule has 0 heterocycles. The average Bonchev–Trinajstić information content (AvgIpc) is 2.62. The second-order valence-electron chi connectivity index (χ2n) is 5.43. The predicted octanol–water partition coefficient (Wildman–Crippen LogP) is 4.87. The number of anilines is 1. The van der Waals surface area contributed by atoms with Crippen molar-refractivity contribution in [3.8, 4) is 0 Å². The van der Waals surface area contributed by atoms with Crippen LogP contribution >= 0.6 is 11.6 Å². The topological polar surface area (TPSA) is 37.4 Å². The van der Waals surface area contributed by atoms with Gasteiger partial charge in [-0.05, 0) is 48.0 Å². The Kier molecular flexibility index (Phi) is 5.06. The summed E-state index contributed by atoms with van der Waals surface area (Å²) in [5.41, 5.74) is 1.01. The van der Waals surface area contributed by atoms with Crippen LogP contribution in [-0.4, -0.2) is 8.42 Å². The summed E-state index contributed by atoms with van der Waals surface area (Å²) >= 11 is 5.89. The molecule has 6 heteroatoms. The van der Waals surface area contributed by atoms with Crippen LogP contribution in [0.5, 0.6) is 0 Å². The zero-order valence-electron chi connectivity index (χ0n) is 13.1. The molecule has 0 aromatic heterocycles. The number of rotatable bonds is 5. The summed E-state index contributed by atoms with van der Waals surface area (Å²) < 4.78 is 41.0. The monoisotopic (exact) mass is 375 g/mol. The van der Waals surface area contributed by atoms with E-state index in [1.165, 1.54) is 34.6 Å². The maximum absolute atomic E-state index is 13.7. The van der Waals surface area contributed by atoms with Gasteiger partial charge in [-0.25, -0.2) is 12.8 Å². The Hall–Kier alpha value is -2.37. The zero-order valence-corrected chi connectivity index (χ0v) is 14.7. The third-order valence-electron chi connectivity index (χ3n) is 3.67. The van der Waals surface area contributed by atoms with E-state index in [0.29, 0.717) is 5.02 Å². The Morgan fingerprint density at radius 2 is 1.56 bits per heavy atom. The van der Waals surface area contributed by atoms with Gasteiger partial charge in [0, 0.05) is 5.02 Å². The first-order chi connectivity index (χ1) is 12.0. The molecule has 3 nitrogen and oxygen atoms in total. The molecular weight excluding hydrogens is 361 g/mol. The van der Waals surface area contributed by atoms with Gasteiger partial charge in [0.1, 0.15) is 5.82 Å². The smallest absolute Gasteiger partial charge is 0.262 e. The number of hydrogen-bond donors (Lipinski definition) is 0. The molecule has 0 bridgehead atoms. The van der Waals surface area contributed by atoms with Gasteiger partial charge in [-0.15, -0.1) is 0 Å². The summed E-state index contributed by atoms with van der Waals surface area (Å²) in [6, 6.07) is 20.5. The molecule has 0 spiro atoms. The zero-order chi connectivity index (χ0) is 17.9. The van der Waals surface area contributed by atoms with Gasteiger partial charge >= 0.3 is 0 Å². The summed E-state index contributed by atoms with van der Waals surface area (Å²) in [5.74, 6) is -0.498. The van der Waals surface area contributed by atoms with Crippen molar-refractivity contribution in [2.45, 2.75) is 11.4 Å². The Bertz CT molecular complexity index is 960. The van der Waals surface area contributed by atoms with Gasteiger partial charge in [-0.2, -0.15) is 0 Å². The molecule has 0 aliphatic heterocycles. The molecule has 3 aromatic carbocycles. The van der Waals surface area contributed by atoms with Crippen molar-refractivity contribution in [1.82, 2.24) is 0 Å². The predicted molar refractivity (Wildman–Crippen MR) is 97.7 cm³/mol. The lowest BCUT2D eigenvalue weighted by atomic mass is 10.2. The van der Waals surface area contributed by atoms with E-state index >= 15 is 0 Å². The number of sulfonamides is 1. The van der Waals surface area contributed by atoms with Crippen LogP contribution in [0.2, 0.25) is 5.02 Å². The van der Waals surface area contributed by atoms with E-state index in [4.69, 9.17) is 11.6 Å². The summed E-state index contributed by atoms with van der Waals surface area (Å²) in [4.78, 5) is 0.147. The molecular formula is C19H15ClFNO2S. The highest BCUT2D eigenvalue weighted by Crippen LogP contribution is 2.26. The highest BCUT2D eigenvalue weighted by atomic mass is 35.5. The minimum Gasteiger partial charge on any atom is -0.262 e. The van der Waals surface area contributed by atoms with E-state index < -0.39 is 15.8 Å². The second kappa shape index (κ2) is 7.25. The molecule has 128 valence electrons. The van der Waals surface area contributed by atoms with E-state index in [1.807, 2.05) is 0 Å². The fraction of sp³-hybridized carbons (Fsp3) is 0.0526. The van der Waals surface area contributed by atoms with Crippen LogP contribution in [0, 0.1) is 5.82 Å². The molecule has 3 rings (SSSR count). The van der Waals surface area contributed by atoms with E-state index in [9.17, 15) is 12.8 Å². The first kappa shape index (κ1) is 17.5. The lowest BCUT2D eigenvalue weighted by Gasteiger charge is -2.25. The highest BCUT2D eigenvalue weighted by Gasteiger charge is 2.25. The van der Waals surface area contributed by atoms with E-state index in [0.717, 1.165) is 5.56 Å². The van der Waals surface area contributed by atoms with Crippen molar-refractivity contribution in [3.05, 3.63) is 95.3 Å². The van der Waals surface area contributed by atoms with Crippen molar-refractivity contribution in [2.75, 3.05) is 4.31 Å². The minimum atomic E-state index is -3.85. The highest BCUT2D eigenvalue weighted by molar-refractivity contribution is 7.92. The first-order valence-corrected chi connectivity index (χ1v) is 9.36. The molecule has 0 amide bonds. The van der Waals surface area contributed by atoms with Crippen molar-refractivity contribution in [2.24, 2.45) is 0 Å². The Morgan fingerprint density at radius 3 is 2.20 bits per heavy atom. The van der Waals surface area contributed by atoms with E-state index in [-0.39, 0.29) is 17.1 Å². The van der Waals surface area contributed by atoms with Crippen LogP contribution < -0.4 is 4.31 Å². The summed E-state index contributed by atoms with van der Waals surface area (Å²) in [6.45, 7) is 0.0673. The van der Waals surface area contributed by atoms with Crippen molar-refractivity contribution in [1.29, 1.82) is 0 Å². The quantitative estimate of drug-likeness (QED) is 0.637. The second-order valence-corrected chi connectivity index (χ2v) is 7.73. The summed E-state index contributed by atoms with van der Waals surface area (Å²) in [5, 5.41) is 0.562. The lowest BCUT2D eigenvalue weighted by molar-refractivity contribution is 0.590. The fourth-order valence-corrected chi connectivity index (χ4v) is 4.01. The molecule has 0 aliphatic rings. The summed E-state index contributed by atoms with van der Waals surface area (Å²) in [7, 11) is -3.85. The molecule has 0 N–H and O–H groups in total. The van der Waals surface area contributed by atoms with Gasteiger partial charge in [0.25, 0.3) is 10.0 Å². The van der Waals surface area contributed by atoms with Crippen LogP contribution in [0.15, 0.2) is 83.8 Å². The van der Waals surface area contributed by atoms with Gasteiger partial charge in [0.2, 0.25) is 0 Å². The number of halogens is 2. The summed E-state index contributed by atoms with van der Waals surface area (Å²) in [6.07, 6.45) is 0. The van der Waals surface area contributed by atoms with Crippen LogP contribution in [0.4, 0.5) is 10.1 Å². The van der Waals surface area contributed by atoms with Crippen LogP contribution in [-0.2, 0) is 16.6 Å². The average molecular weight is 376 g/mol. The number of hydrogen-bond acceptors (Lipinski definition) is 2. The molecule has 0 saturated heterocycles. The first-order valence-electron chi connectivity index (χ1n) is 7.54. The normalized spacial score (nSPS) is 11.3. The van der Waals surface area contributed by atoms with Crippen LogP contribution in [0.1, 0.15) is 5.56 Å². The van der Waals surface area contributed by atoms with Crippen molar-refractivity contribution in [3.63, 3.8) is 0 Å². The minimum absolute atomic E-state index is 0.0673. The molecule has 0 fully saturated rings. The largest absolute Gasteiger partial charge is 0.264 e. The standard InChI is InChI=1S/C19H15ClFNO2S/c20-16-11-9-15(10-12-16)14-22(18-6-4-5-17(21)13-18)25(23,24)19-7-2-1-3-8-19/h1-13H,14H2. The van der Waals surface area contributed by atoms with Gasteiger partial charge in [-0.3, -0.25) is 4.31 Å².